The van der Waals surface area contributed by atoms with Crippen LogP contribution in [0.3, 0.4) is 0 Å². The summed E-state index contributed by atoms with van der Waals surface area (Å²) in [5.74, 6) is 0.889. The summed E-state index contributed by atoms with van der Waals surface area (Å²) in [4.78, 5) is 19.1. The highest BCUT2D eigenvalue weighted by Crippen LogP contribution is 2.15. The van der Waals surface area contributed by atoms with Gasteiger partial charge in [0.05, 0.1) is 11.9 Å². The first kappa shape index (κ1) is 14.5. The van der Waals surface area contributed by atoms with Crippen LogP contribution >= 0.6 is 11.6 Å². The molecule has 1 rings (SSSR count). The highest BCUT2D eigenvalue weighted by molar-refractivity contribution is 6.28. The Hall–Kier alpha value is -1.56. The Morgan fingerprint density at radius 3 is 2.94 bits per heavy atom. The number of hydrogen-bond donors (Lipinski definition) is 3. The van der Waals surface area contributed by atoms with Crippen molar-refractivity contribution < 1.29 is 4.79 Å². The second-order valence-corrected chi connectivity index (χ2v) is 4.66. The van der Waals surface area contributed by atoms with E-state index in [1.807, 2.05) is 13.8 Å². The predicted octanol–water partition coefficient (Wildman–Crippen LogP) is 1.29. The molecule has 1 amide bonds. The fourth-order valence-corrected chi connectivity index (χ4v) is 1.35. The van der Waals surface area contributed by atoms with Crippen LogP contribution < -0.4 is 16.4 Å². The van der Waals surface area contributed by atoms with E-state index in [1.165, 1.54) is 6.20 Å². The number of halogens is 1. The van der Waals surface area contributed by atoms with Gasteiger partial charge in [0.1, 0.15) is 0 Å². The van der Waals surface area contributed by atoms with Gasteiger partial charge >= 0.3 is 0 Å². The van der Waals surface area contributed by atoms with Crippen molar-refractivity contribution in [3.05, 3.63) is 11.5 Å². The van der Waals surface area contributed by atoms with Crippen molar-refractivity contribution in [3.63, 3.8) is 0 Å². The summed E-state index contributed by atoms with van der Waals surface area (Å²) in [6, 6.07) is 0. The molecule has 0 saturated heterocycles. The average molecular weight is 272 g/mol. The first-order chi connectivity index (χ1) is 8.49. The molecule has 0 aliphatic rings. The summed E-state index contributed by atoms with van der Waals surface area (Å²) >= 11 is 5.65. The van der Waals surface area contributed by atoms with Gasteiger partial charge in [-0.1, -0.05) is 13.8 Å². The molecule has 18 heavy (non-hydrogen) atoms. The largest absolute Gasteiger partial charge is 0.394 e. The Kier molecular flexibility index (Phi) is 5.64. The highest BCUT2D eigenvalue weighted by atomic mass is 35.5. The summed E-state index contributed by atoms with van der Waals surface area (Å²) in [5.41, 5.74) is 6.06. The maximum Gasteiger partial charge on any atom is 0.224 e. The van der Waals surface area contributed by atoms with Crippen LogP contribution in [0.5, 0.6) is 0 Å². The van der Waals surface area contributed by atoms with Crippen molar-refractivity contribution in [2.24, 2.45) is 5.92 Å². The van der Waals surface area contributed by atoms with Crippen molar-refractivity contribution in [2.45, 2.75) is 20.3 Å². The quantitative estimate of drug-likeness (QED) is 0.678. The van der Waals surface area contributed by atoms with Crippen LogP contribution in [-0.2, 0) is 4.79 Å². The van der Waals surface area contributed by atoms with E-state index in [4.69, 9.17) is 17.3 Å². The van der Waals surface area contributed by atoms with Crippen molar-refractivity contribution in [1.82, 2.24) is 15.3 Å². The second kappa shape index (κ2) is 7.00. The van der Waals surface area contributed by atoms with Gasteiger partial charge in [-0.25, -0.2) is 4.98 Å². The third kappa shape index (κ3) is 5.18. The summed E-state index contributed by atoms with van der Waals surface area (Å²) in [6.45, 7) is 5.21. The Morgan fingerprint density at radius 1 is 1.56 bits per heavy atom. The number of carbonyl (C=O) groups is 1. The highest BCUT2D eigenvalue weighted by Gasteiger charge is 2.05. The first-order valence-electron chi connectivity index (χ1n) is 5.77. The molecule has 0 atom stereocenters. The van der Waals surface area contributed by atoms with Gasteiger partial charge in [0.25, 0.3) is 0 Å². The Balaban J connectivity index is 2.33. The van der Waals surface area contributed by atoms with E-state index in [0.717, 1.165) is 0 Å². The van der Waals surface area contributed by atoms with Crippen LogP contribution in [0.15, 0.2) is 6.20 Å². The van der Waals surface area contributed by atoms with Crippen molar-refractivity contribution >= 4 is 29.0 Å². The van der Waals surface area contributed by atoms with E-state index in [-0.39, 0.29) is 11.2 Å². The molecule has 0 saturated carbocycles. The van der Waals surface area contributed by atoms with Crippen LogP contribution in [0.2, 0.25) is 5.28 Å². The van der Waals surface area contributed by atoms with Gasteiger partial charge in [-0.2, -0.15) is 4.98 Å². The van der Waals surface area contributed by atoms with Crippen molar-refractivity contribution in [2.75, 3.05) is 24.1 Å². The van der Waals surface area contributed by atoms with Gasteiger partial charge in [-0.3, -0.25) is 4.79 Å². The molecule has 1 aromatic heterocycles. The molecule has 0 radical (unpaired) electrons. The first-order valence-corrected chi connectivity index (χ1v) is 6.15. The minimum absolute atomic E-state index is 0.00470. The van der Waals surface area contributed by atoms with Crippen molar-refractivity contribution in [3.8, 4) is 0 Å². The Bertz CT molecular complexity index is 410. The SMILES string of the molecule is CC(C)CNC(=O)CCNc1nc(Cl)ncc1N. The number of hydrogen-bond acceptors (Lipinski definition) is 5. The second-order valence-electron chi connectivity index (χ2n) is 4.32. The summed E-state index contributed by atoms with van der Waals surface area (Å²) < 4.78 is 0. The van der Waals surface area contributed by atoms with E-state index in [9.17, 15) is 4.79 Å². The molecule has 4 N–H and O–H groups in total. The molecular formula is C11H18ClN5O. The van der Waals surface area contributed by atoms with Gasteiger partial charge in [0.2, 0.25) is 11.2 Å². The number of amides is 1. The van der Waals surface area contributed by atoms with E-state index in [0.29, 0.717) is 36.9 Å². The van der Waals surface area contributed by atoms with Gasteiger partial charge in [0, 0.05) is 19.5 Å². The van der Waals surface area contributed by atoms with Crippen LogP contribution in [0.25, 0.3) is 0 Å². The Morgan fingerprint density at radius 2 is 2.28 bits per heavy atom. The van der Waals surface area contributed by atoms with Gasteiger partial charge < -0.3 is 16.4 Å². The topological polar surface area (TPSA) is 92.9 Å². The molecule has 0 unspecified atom stereocenters. The van der Waals surface area contributed by atoms with Crippen LogP contribution in [0, 0.1) is 5.92 Å². The molecule has 6 nitrogen and oxygen atoms in total. The molecule has 1 aromatic rings. The normalized spacial score (nSPS) is 10.4. The maximum absolute atomic E-state index is 11.4. The molecule has 0 fully saturated rings. The number of nitrogens with zero attached hydrogens (tertiary/aromatic N) is 2. The van der Waals surface area contributed by atoms with E-state index in [2.05, 4.69) is 20.6 Å². The number of carbonyl (C=O) groups excluding carboxylic acids is 1. The fraction of sp³-hybridized carbons (Fsp3) is 0.545. The number of nitrogens with one attached hydrogen (secondary N) is 2. The molecule has 0 bridgehead atoms. The molecule has 1 heterocycles. The molecule has 0 aliphatic carbocycles. The standard InChI is InChI=1S/C11H18ClN5O/c1-7(2)5-15-9(18)3-4-14-10-8(13)6-16-11(12)17-10/h6-7H,3-5,13H2,1-2H3,(H,15,18)(H,14,16,17). The van der Waals surface area contributed by atoms with Gasteiger partial charge in [0.15, 0.2) is 5.82 Å². The number of nitrogen functional groups attached to an aromatic ring is 1. The molecule has 0 aliphatic heterocycles. The molecular weight excluding hydrogens is 254 g/mol. The fourth-order valence-electron chi connectivity index (χ4n) is 1.21. The van der Waals surface area contributed by atoms with Gasteiger partial charge in [-0.15, -0.1) is 0 Å². The smallest absolute Gasteiger partial charge is 0.224 e. The third-order valence-corrected chi connectivity index (χ3v) is 2.32. The lowest BCUT2D eigenvalue weighted by molar-refractivity contribution is -0.120. The number of rotatable bonds is 6. The summed E-state index contributed by atoms with van der Waals surface area (Å²) in [6.07, 6.45) is 1.78. The third-order valence-electron chi connectivity index (χ3n) is 2.14. The van der Waals surface area contributed by atoms with Crippen LogP contribution in [0.1, 0.15) is 20.3 Å². The lowest BCUT2D eigenvalue weighted by atomic mass is 10.2. The number of nitrogens with two attached hydrogens (primary N) is 1. The van der Waals surface area contributed by atoms with Crippen molar-refractivity contribution in [1.29, 1.82) is 0 Å². The van der Waals surface area contributed by atoms with Crippen LogP contribution in [-0.4, -0.2) is 29.0 Å². The van der Waals surface area contributed by atoms with E-state index in [1.54, 1.807) is 0 Å². The average Bonchev–Trinajstić information content (AvgIpc) is 2.31. The molecule has 0 spiro atoms. The van der Waals surface area contributed by atoms with Gasteiger partial charge in [-0.05, 0) is 17.5 Å². The van der Waals surface area contributed by atoms with E-state index >= 15 is 0 Å². The lowest BCUT2D eigenvalue weighted by Gasteiger charge is -2.09. The minimum atomic E-state index is -0.00470. The molecule has 100 valence electrons. The summed E-state index contributed by atoms with van der Waals surface area (Å²) in [7, 11) is 0. The summed E-state index contributed by atoms with van der Waals surface area (Å²) in [5, 5.41) is 5.90. The molecule has 7 heteroatoms. The number of aromatic nitrogens is 2. The lowest BCUT2D eigenvalue weighted by Crippen LogP contribution is -2.28. The zero-order valence-electron chi connectivity index (χ0n) is 10.5. The maximum atomic E-state index is 11.4. The monoisotopic (exact) mass is 271 g/mol. The van der Waals surface area contributed by atoms with Crippen LogP contribution in [0.4, 0.5) is 11.5 Å². The number of anilines is 2. The zero-order chi connectivity index (χ0) is 13.5. The minimum Gasteiger partial charge on any atom is -0.394 e. The predicted molar refractivity (Wildman–Crippen MR) is 72.4 cm³/mol. The van der Waals surface area contributed by atoms with E-state index < -0.39 is 0 Å². The zero-order valence-corrected chi connectivity index (χ0v) is 11.3. The molecule has 0 aromatic carbocycles. The Labute approximate surface area is 111 Å².